The third-order valence-corrected chi connectivity index (χ3v) is 3.42. The summed E-state index contributed by atoms with van der Waals surface area (Å²) in [6, 6.07) is -0.632. The second kappa shape index (κ2) is 5.85. The molecule has 2 amide bonds. The van der Waals surface area contributed by atoms with Crippen LogP contribution in [-0.2, 0) is 0 Å². The highest BCUT2D eigenvalue weighted by molar-refractivity contribution is 5.99. The summed E-state index contributed by atoms with van der Waals surface area (Å²) >= 11 is 0. The van der Waals surface area contributed by atoms with Crippen LogP contribution in [0.1, 0.15) is 40.5 Å². The minimum Gasteiger partial charge on any atom is -0.350 e. The van der Waals surface area contributed by atoms with Gasteiger partial charge >= 0.3 is 6.03 Å². The first-order valence-electron chi connectivity index (χ1n) is 6.31. The second-order valence-electron chi connectivity index (χ2n) is 5.42. The monoisotopic (exact) mass is 249 g/mol. The average Bonchev–Trinajstić information content (AvgIpc) is 2.24. The largest absolute Gasteiger partial charge is 0.350 e. The normalized spacial score (nSPS) is 23.9. The van der Waals surface area contributed by atoms with Gasteiger partial charge in [0, 0.05) is 5.92 Å². The average molecular weight is 249 g/mol. The summed E-state index contributed by atoms with van der Waals surface area (Å²) in [4.78, 5) is 10.8. The Hall–Kier alpha value is -1.58. The van der Waals surface area contributed by atoms with E-state index in [4.69, 9.17) is 5.73 Å². The van der Waals surface area contributed by atoms with Gasteiger partial charge in [-0.3, -0.25) is 0 Å². The zero-order valence-electron chi connectivity index (χ0n) is 11.7. The first-order valence-corrected chi connectivity index (χ1v) is 6.31. The molecule has 0 saturated carbocycles. The summed E-state index contributed by atoms with van der Waals surface area (Å²) in [5.74, 6) is 0.217. The molecule has 4 heteroatoms. The van der Waals surface area contributed by atoms with Crippen molar-refractivity contribution < 1.29 is 4.79 Å². The fourth-order valence-corrected chi connectivity index (χ4v) is 2.67. The molecular weight excluding hydrogens is 226 g/mol. The summed E-state index contributed by atoms with van der Waals surface area (Å²) < 4.78 is 0. The zero-order valence-corrected chi connectivity index (χ0v) is 11.7. The van der Waals surface area contributed by atoms with Crippen LogP contribution in [0.2, 0.25) is 0 Å². The molecule has 100 valence electrons. The molecule has 0 saturated heterocycles. The molecule has 1 rings (SSSR count). The van der Waals surface area contributed by atoms with Gasteiger partial charge in [0.2, 0.25) is 0 Å². The maximum Gasteiger partial charge on any atom is 0.332 e. The van der Waals surface area contributed by atoms with Crippen molar-refractivity contribution in [2.45, 2.75) is 40.5 Å². The van der Waals surface area contributed by atoms with Crippen LogP contribution in [0.4, 0.5) is 4.79 Å². The van der Waals surface area contributed by atoms with Crippen LogP contribution in [0.15, 0.2) is 28.9 Å². The number of nitrogens with one attached hydrogen (secondary N) is 1. The number of carbonyl (C=O) groups is 1. The van der Waals surface area contributed by atoms with Gasteiger partial charge in [-0.05, 0) is 38.2 Å². The van der Waals surface area contributed by atoms with Gasteiger partial charge in [-0.2, -0.15) is 5.10 Å². The number of primary amides is 1. The SMILES string of the molecule is CC=CC(=NNC(N)=O)C1C(C)=CCCC1(C)C. The lowest BCUT2D eigenvalue weighted by molar-refractivity contribution is 0.248. The molecule has 4 nitrogen and oxygen atoms in total. The predicted molar refractivity (Wildman–Crippen MR) is 75.2 cm³/mol. The smallest absolute Gasteiger partial charge is 0.332 e. The number of nitrogens with zero attached hydrogens (tertiary/aromatic N) is 1. The summed E-state index contributed by atoms with van der Waals surface area (Å²) in [6.07, 6.45) is 8.33. The van der Waals surface area contributed by atoms with E-state index < -0.39 is 6.03 Å². The van der Waals surface area contributed by atoms with E-state index in [1.54, 1.807) is 0 Å². The van der Waals surface area contributed by atoms with Gasteiger partial charge in [-0.15, -0.1) is 0 Å². The first kappa shape index (κ1) is 14.5. The Bertz CT molecular complexity index is 405. The third-order valence-electron chi connectivity index (χ3n) is 3.42. The lowest BCUT2D eigenvalue weighted by atomic mass is 9.66. The van der Waals surface area contributed by atoms with Crippen molar-refractivity contribution in [3.8, 4) is 0 Å². The molecule has 0 bridgehead atoms. The van der Waals surface area contributed by atoms with Crippen molar-refractivity contribution in [3.05, 3.63) is 23.8 Å². The van der Waals surface area contributed by atoms with E-state index in [1.165, 1.54) is 5.57 Å². The van der Waals surface area contributed by atoms with E-state index >= 15 is 0 Å². The van der Waals surface area contributed by atoms with Gasteiger partial charge in [0.05, 0.1) is 5.71 Å². The van der Waals surface area contributed by atoms with Crippen LogP contribution in [0.25, 0.3) is 0 Å². The number of amides is 2. The number of hydrogen-bond acceptors (Lipinski definition) is 2. The van der Waals surface area contributed by atoms with Crippen LogP contribution in [0.5, 0.6) is 0 Å². The van der Waals surface area contributed by atoms with Gasteiger partial charge in [0.25, 0.3) is 0 Å². The highest BCUT2D eigenvalue weighted by Gasteiger charge is 2.35. The molecule has 0 aromatic rings. The van der Waals surface area contributed by atoms with E-state index in [0.717, 1.165) is 18.6 Å². The quantitative estimate of drug-likeness (QED) is 0.450. The van der Waals surface area contributed by atoms with Crippen LogP contribution < -0.4 is 11.2 Å². The molecule has 18 heavy (non-hydrogen) atoms. The number of hydrogen-bond donors (Lipinski definition) is 2. The maximum atomic E-state index is 10.8. The Morgan fingerprint density at radius 1 is 1.61 bits per heavy atom. The Kier molecular flexibility index (Phi) is 4.70. The summed E-state index contributed by atoms with van der Waals surface area (Å²) in [7, 11) is 0. The van der Waals surface area contributed by atoms with Crippen LogP contribution in [-0.4, -0.2) is 11.7 Å². The Morgan fingerprint density at radius 3 is 2.78 bits per heavy atom. The Morgan fingerprint density at radius 2 is 2.28 bits per heavy atom. The van der Waals surface area contributed by atoms with Crippen LogP contribution in [0, 0.1) is 11.3 Å². The zero-order chi connectivity index (χ0) is 13.8. The molecule has 0 aliphatic heterocycles. The Balaban J connectivity index is 3.10. The predicted octanol–water partition coefficient (Wildman–Crippen LogP) is 2.97. The molecule has 0 heterocycles. The van der Waals surface area contributed by atoms with Crippen molar-refractivity contribution in [1.82, 2.24) is 5.43 Å². The highest BCUT2D eigenvalue weighted by atomic mass is 16.2. The van der Waals surface area contributed by atoms with Crippen molar-refractivity contribution >= 4 is 11.7 Å². The number of hydrazone groups is 1. The highest BCUT2D eigenvalue weighted by Crippen LogP contribution is 2.41. The maximum absolute atomic E-state index is 10.8. The lowest BCUT2D eigenvalue weighted by Crippen LogP contribution is -2.35. The Labute approximate surface area is 109 Å². The molecule has 1 aliphatic carbocycles. The molecule has 0 aromatic heterocycles. The molecule has 3 N–H and O–H groups in total. The van der Waals surface area contributed by atoms with Gasteiger partial charge < -0.3 is 5.73 Å². The second-order valence-corrected chi connectivity index (χ2v) is 5.42. The van der Waals surface area contributed by atoms with Crippen LogP contribution >= 0.6 is 0 Å². The molecule has 0 aromatic carbocycles. The summed E-state index contributed by atoms with van der Waals surface area (Å²) in [6.45, 7) is 8.53. The van der Waals surface area contributed by atoms with Crippen molar-refractivity contribution in [1.29, 1.82) is 0 Å². The van der Waals surface area contributed by atoms with Crippen molar-refractivity contribution in [2.75, 3.05) is 0 Å². The topological polar surface area (TPSA) is 67.5 Å². The molecular formula is C14H23N3O. The number of allylic oxidation sites excluding steroid dienone is 4. The summed E-state index contributed by atoms with van der Waals surface area (Å²) in [5, 5.41) is 4.15. The van der Waals surface area contributed by atoms with E-state index in [1.807, 2.05) is 19.1 Å². The van der Waals surface area contributed by atoms with E-state index in [0.29, 0.717) is 0 Å². The fraction of sp³-hybridized carbons (Fsp3) is 0.571. The van der Waals surface area contributed by atoms with Gasteiger partial charge in [-0.25, -0.2) is 10.2 Å². The first-order chi connectivity index (χ1) is 8.38. The molecule has 1 unspecified atom stereocenters. The molecule has 0 spiro atoms. The minimum absolute atomic E-state index is 0.135. The van der Waals surface area contributed by atoms with Crippen molar-refractivity contribution in [2.24, 2.45) is 22.2 Å². The number of carbonyl (C=O) groups excluding carboxylic acids is 1. The van der Waals surface area contributed by atoms with E-state index in [-0.39, 0.29) is 11.3 Å². The molecule has 0 fully saturated rings. The van der Waals surface area contributed by atoms with E-state index in [9.17, 15) is 4.79 Å². The number of rotatable bonds is 3. The van der Waals surface area contributed by atoms with Crippen LogP contribution in [0.3, 0.4) is 0 Å². The van der Waals surface area contributed by atoms with Crippen molar-refractivity contribution in [3.63, 3.8) is 0 Å². The fourth-order valence-electron chi connectivity index (χ4n) is 2.67. The minimum atomic E-state index is -0.632. The van der Waals surface area contributed by atoms with Gasteiger partial charge in [0.15, 0.2) is 0 Å². The third kappa shape index (κ3) is 3.45. The molecule has 1 aliphatic rings. The van der Waals surface area contributed by atoms with Gasteiger partial charge in [0.1, 0.15) is 0 Å². The van der Waals surface area contributed by atoms with Gasteiger partial charge in [-0.1, -0.05) is 31.6 Å². The number of nitrogens with two attached hydrogens (primary N) is 1. The number of urea groups is 1. The standard InChI is InChI=1S/C14H23N3O/c1-5-7-11(16-17-13(15)18)12-10(2)8-6-9-14(12,3)4/h5,7-8,12H,6,9H2,1-4H3,(H3,15,17,18). The summed E-state index contributed by atoms with van der Waals surface area (Å²) in [5.41, 5.74) is 9.70. The lowest BCUT2D eigenvalue weighted by Gasteiger charge is -2.38. The van der Waals surface area contributed by atoms with E-state index in [2.05, 4.69) is 37.4 Å². The molecule has 1 atom stereocenters. The molecule has 0 radical (unpaired) electrons.